The molecule has 7 heteroatoms. The van der Waals surface area contributed by atoms with Gasteiger partial charge in [-0.25, -0.2) is 0 Å². The minimum absolute atomic E-state index is 0.148. The maximum atomic E-state index is 13.8. The van der Waals surface area contributed by atoms with Crippen LogP contribution in [0.3, 0.4) is 0 Å². The number of unbranched alkanes of at least 4 members (excludes halogenated alkanes) is 2. The van der Waals surface area contributed by atoms with Gasteiger partial charge in [0, 0.05) is 42.4 Å². The lowest BCUT2D eigenvalue weighted by atomic mass is 10.1. The average molecular weight is 513 g/mol. The monoisotopic (exact) mass is 512 g/mol. The molecule has 1 heterocycles. The highest BCUT2D eigenvalue weighted by Crippen LogP contribution is 2.24. The summed E-state index contributed by atoms with van der Waals surface area (Å²) < 4.78 is 15.1. The number of benzene rings is 3. The molecular weight excluding hydrogens is 478 g/mol. The molecule has 7 nitrogen and oxygen atoms in total. The van der Waals surface area contributed by atoms with Crippen molar-refractivity contribution < 1.29 is 20.8 Å². The Bertz CT molecular complexity index is 1330. The first kappa shape index (κ1) is 25.4. The van der Waals surface area contributed by atoms with Crippen molar-refractivity contribution in [2.75, 3.05) is 13.2 Å². The van der Waals surface area contributed by atoms with Crippen LogP contribution in [-0.4, -0.2) is 45.1 Å². The Morgan fingerprint density at radius 2 is 1.68 bits per heavy atom. The number of H-pyrrole nitrogens is 1. The summed E-state index contributed by atoms with van der Waals surface area (Å²) in [4.78, 5) is 26.6. The van der Waals surface area contributed by atoms with Crippen LogP contribution in [0.15, 0.2) is 91.3 Å². The maximum absolute atomic E-state index is 13.8. The van der Waals surface area contributed by atoms with E-state index >= 15 is 0 Å². The number of ketones is 1. The summed E-state index contributed by atoms with van der Waals surface area (Å²) in [5, 5.41) is 15.6. The van der Waals surface area contributed by atoms with Gasteiger partial charge in [-0.3, -0.25) is 14.7 Å². The van der Waals surface area contributed by atoms with Crippen LogP contribution in [0.25, 0.3) is 11.1 Å². The smallest absolute Gasteiger partial charge is 0.254 e. The first-order chi connectivity index (χ1) is 19.1. The molecule has 1 unspecified atom stereocenters. The third kappa shape index (κ3) is 7.63. The molecule has 1 aromatic heterocycles. The summed E-state index contributed by atoms with van der Waals surface area (Å²) in [6.07, 6.45) is 6.19. The van der Waals surface area contributed by atoms with E-state index in [2.05, 4.69) is 10.2 Å². The number of carbonyl (C=O) groups excluding carboxylic acids is 2. The second kappa shape index (κ2) is 13.9. The highest BCUT2D eigenvalue weighted by molar-refractivity contribution is 5.94. The normalized spacial score (nSPS) is 12.0. The standard InChI is InChI=1S/C31H33N3O4/c35-23-29(36)12-5-2-8-18-38-30-13-7-6-11-27(30)22-34(21-24-9-3-1-4-10-24)31(37)26-16-14-25(15-17-26)28-19-32-33-20-28/h1,3-4,6-7,9-11,13-17,19-20,35H,2,5,8,12,18,21-23H2,(H,32,33)/i21D. The van der Waals surface area contributed by atoms with Gasteiger partial charge in [0.1, 0.15) is 12.4 Å². The number of carbonyl (C=O) groups is 2. The molecule has 196 valence electrons. The second-order valence-electron chi connectivity index (χ2n) is 9.00. The number of aromatic nitrogens is 2. The third-order valence-electron chi connectivity index (χ3n) is 6.18. The molecule has 38 heavy (non-hydrogen) atoms. The predicted octanol–water partition coefficient (Wildman–Crippen LogP) is 5.42. The van der Waals surface area contributed by atoms with E-state index < -0.39 is 13.1 Å². The molecule has 0 aliphatic carbocycles. The Morgan fingerprint density at radius 1 is 0.921 bits per heavy atom. The minimum atomic E-state index is -0.913. The topological polar surface area (TPSA) is 95.5 Å². The van der Waals surface area contributed by atoms with Crippen LogP contribution in [0.5, 0.6) is 5.75 Å². The summed E-state index contributed by atoms with van der Waals surface area (Å²) in [5.74, 6) is 0.267. The largest absolute Gasteiger partial charge is 0.493 e. The quantitative estimate of drug-likeness (QED) is 0.220. The Balaban J connectivity index is 1.50. The van der Waals surface area contributed by atoms with E-state index in [0.29, 0.717) is 30.8 Å². The number of rotatable bonds is 14. The second-order valence-corrected chi connectivity index (χ2v) is 9.00. The maximum Gasteiger partial charge on any atom is 0.254 e. The van der Waals surface area contributed by atoms with Crippen molar-refractivity contribution in [3.63, 3.8) is 0 Å². The molecule has 1 amide bonds. The fourth-order valence-electron chi connectivity index (χ4n) is 4.10. The van der Waals surface area contributed by atoms with Crippen LogP contribution >= 0.6 is 0 Å². The molecule has 0 aliphatic rings. The molecule has 3 aromatic carbocycles. The van der Waals surface area contributed by atoms with Crippen molar-refractivity contribution in [1.82, 2.24) is 15.1 Å². The van der Waals surface area contributed by atoms with Gasteiger partial charge in [0.05, 0.1) is 14.2 Å². The summed E-state index contributed by atoms with van der Waals surface area (Å²) in [6, 6.07) is 24.2. The number of Topliss-reactive ketones (excluding diaryl/α,β-unsaturated/α-hetero) is 1. The van der Waals surface area contributed by atoms with E-state index in [1.54, 1.807) is 29.4 Å². The zero-order chi connectivity index (χ0) is 27.5. The van der Waals surface area contributed by atoms with Crippen molar-refractivity contribution in [3.05, 3.63) is 108 Å². The number of aromatic amines is 1. The molecule has 4 rings (SSSR count). The number of para-hydroxylation sites is 1. The number of amides is 1. The van der Waals surface area contributed by atoms with E-state index in [4.69, 9.17) is 11.2 Å². The van der Waals surface area contributed by atoms with E-state index in [1.165, 1.54) is 0 Å². The SMILES string of the molecule is [2H]C(c1ccccc1)N(Cc1ccccc1OCCCCCC(=O)CO)C(=O)c1ccc(-c2cn[nH]c2)cc1. The molecule has 0 saturated heterocycles. The molecule has 0 radical (unpaired) electrons. The summed E-state index contributed by atoms with van der Waals surface area (Å²) in [5.41, 5.74) is 3.89. The summed E-state index contributed by atoms with van der Waals surface area (Å²) in [7, 11) is 0. The van der Waals surface area contributed by atoms with Crippen LogP contribution in [0.4, 0.5) is 0 Å². The summed E-state index contributed by atoms with van der Waals surface area (Å²) >= 11 is 0. The average Bonchev–Trinajstić information content (AvgIpc) is 3.53. The third-order valence-corrected chi connectivity index (χ3v) is 6.18. The lowest BCUT2D eigenvalue weighted by Gasteiger charge is -2.24. The molecule has 0 aliphatic heterocycles. The predicted molar refractivity (Wildman–Crippen MR) is 147 cm³/mol. The minimum Gasteiger partial charge on any atom is -0.493 e. The van der Waals surface area contributed by atoms with Crippen molar-refractivity contribution in [1.29, 1.82) is 0 Å². The number of hydrogen-bond acceptors (Lipinski definition) is 5. The fourth-order valence-corrected chi connectivity index (χ4v) is 4.10. The van der Waals surface area contributed by atoms with E-state index in [1.807, 2.05) is 66.7 Å². The zero-order valence-corrected chi connectivity index (χ0v) is 21.3. The molecule has 0 spiro atoms. The van der Waals surface area contributed by atoms with Crippen LogP contribution < -0.4 is 4.74 Å². The van der Waals surface area contributed by atoms with Gasteiger partial charge in [0.25, 0.3) is 5.91 Å². The van der Waals surface area contributed by atoms with Gasteiger partial charge in [0.15, 0.2) is 5.78 Å². The number of ether oxygens (including phenoxy) is 1. The van der Waals surface area contributed by atoms with Gasteiger partial charge in [-0.1, -0.05) is 60.7 Å². The van der Waals surface area contributed by atoms with Crippen molar-refractivity contribution >= 4 is 11.7 Å². The molecule has 2 N–H and O–H groups in total. The van der Waals surface area contributed by atoms with Crippen LogP contribution in [0, 0.1) is 0 Å². The van der Waals surface area contributed by atoms with Crippen molar-refractivity contribution in [2.24, 2.45) is 0 Å². The van der Waals surface area contributed by atoms with Crippen molar-refractivity contribution in [3.8, 4) is 16.9 Å². The van der Waals surface area contributed by atoms with Gasteiger partial charge >= 0.3 is 0 Å². The molecular formula is C31H33N3O4. The molecule has 0 saturated carbocycles. The molecule has 1 atom stereocenters. The van der Waals surface area contributed by atoms with Gasteiger partial charge in [-0.15, -0.1) is 0 Å². The highest BCUT2D eigenvalue weighted by Gasteiger charge is 2.19. The number of nitrogens with zero attached hydrogens (tertiary/aromatic N) is 2. The Kier molecular flexibility index (Phi) is 9.30. The van der Waals surface area contributed by atoms with Gasteiger partial charge in [-0.05, 0) is 48.6 Å². The number of aliphatic hydroxyl groups excluding tert-OH is 1. The molecule has 0 fully saturated rings. The number of hydrogen-bond donors (Lipinski definition) is 2. The van der Waals surface area contributed by atoms with E-state index in [9.17, 15) is 9.59 Å². The van der Waals surface area contributed by atoms with Gasteiger partial charge in [-0.2, -0.15) is 5.10 Å². The first-order valence-electron chi connectivity index (χ1n) is 13.3. The molecule has 0 bridgehead atoms. The fraction of sp³-hybridized carbons (Fsp3) is 0.258. The van der Waals surface area contributed by atoms with Crippen LogP contribution in [-0.2, 0) is 17.9 Å². The summed E-state index contributed by atoms with van der Waals surface area (Å²) in [6.45, 7) is -0.652. The van der Waals surface area contributed by atoms with Gasteiger partial charge < -0.3 is 14.7 Å². The van der Waals surface area contributed by atoms with Crippen molar-refractivity contribution in [2.45, 2.75) is 38.7 Å². The van der Waals surface area contributed by atoms with Gasteiger partial charge in [0.2, 0.25) is 0 Å². The van der Waals surface area contributed by atoms with E-state index in [0.717, 1.165) is 35.1 Å². The highest BCUT2D eigenvalue weighted by atomic mass is 16.5. The molecule has 4 aromatic rings. The Labute approximate surface area is 224 Å². The number of nitrogens with one attached hydrogen (secondary N) is 1. The lowest BCUT2D eigenvalue weighted by Crippen LogP contribution is -2.30. The Morgan fingerprint density at radius 3 is 2.42 bits per heavy atom. The lowest BCUT2D eigenvalue weighted by molar-refractivity contribution is -0.121. The number of aliphatic hydroxyl groups is 1. The van der Waals surface area contributed by atoms with E-state index in [-0.39, 0.29) is 18.2 Å². The first-order valence-corrected chi connectivity index (χ1v) is 12.8. The van der Waals surface area contributed by atoms with Crippen LogP contribution in [0.1, 0.15) is 48.5 Å². The zero-order valence-electron chi connectivity index (χ0n) is 22.3. The van der Waals surface area contributed by atoms with Crippen LogP contribution in [0.2, 0.25) is 0 Å². The Hall–Kier alpha value is -4.23.